The molecule has 0 bridgehead atoms. The largest absolute Gasteiger partial charge is 0.497 e. The van der Waals surface area contributed by atoms with Crippen LogP contribution in [0.4, 0.5) is 5.95 Å². The van der Waals surface area contributed by atoms with Crippen LogP contribution in [-0.2, 0) is 6.54 Å². The Balaban J connectivity index is 1.64. The zero-order valence-electron chi connectivity index (χ0n) is 14.1. The van der Waals surface area contributed by atoms with Crippen molar-refractivity contribution in [3.63, 3.8) is 0 Å². The van der Waals surface area contributed by atoms with E-state index in [1.54, 1.807) is 13.3 Å². The summed E-state index contributed by atoms with van der Waals surface area (Å²) in [7, 11) is 1.65. The summed E-state index contributed by atoms with van der Waals surface area (Å²) in [5.41, 5.74) is 2.40. The molecule has 0 atom stereocenters. The predicted octanol–water partition coefficient (Wildman–Crippen LogP) is 2.64. The highest BCUT2D eigenvalue weighted by molar-refractivity contribution is 5.95. The molecular formula is C18H22N4O2. The number of benzene rings is 1. The summed E-state index contributed by atoms with van der Waals surface area (Å²) in [5, 5.41) is 3.19. The summed E-state index contributed by atoms with van der Waals surface area (Å²) in [6, 6.07) is 7.82. The second kappa shape index (κ2) is 7.29. The van der Waals surface area contributed by atoms with E-state index in [-0.39, 0.29) is 5.91 Å². The monoisotopic (exact) mass is 326 g/mol. The summed E-state index contributed by atoms with van der Waals surface area (Å²) in [5.74, 6) is 1.39. The number of methoxy groups -OCH3 is 1. The molecule has 2 aromatic rings. The second-order valence-corrected chi connectivity index (χ2v) is 5.89. The van der Waals surface area contributed by atoms with Crippen LogP contribution in [0.1, 0.15) is 34.5 Å². The number of carbonyl (C=O) groups is 1. The van der Waals surface area contributed by atoms with Crippen molar-refractivity contribution in [3.05, 3.63) is 47.3 Å². The number of rotatable bonds is 5. The fourth-order valence-corrected chi connectivity index (χ4v) is 2.78. The molecule has 6 heteroatoms. The van der Waals surface area contributed by atoms with Crippen LogP contribution in [0.2, 0.25) is 0 Å². The Morgan fingerprint density at radius 2 is 1.96 bits per heavy atom. The van der Waals surface area contributed by atoms with Crippen LogP contribution in [0.3, 0.4) is 0 Å². The lowest BCUT2D eigenvalue weighted by atomic mass is 10.2. The van der Waals surface area contributed by atoms with Gasteiger partial charge in [-0.25, -0.2) is 9.97 Å². The number of likely N-dealkylation sites (tertiary alicyclic amines) is 1. The molecule has 1 amide bonds. The van der Waals surface area contributed by atoms with Crippen LogP contribution in [0.15, 0.2) is 30.5 Å². The standard InChI is InChI=1S/C18H22N4O2/c1-13-16(17(23)22-9-3-4-10-22)12-20-18(21-13)19-11-14-5-7-15(24-2)8-6-14/h5-8,12H,3-4,9-11H2,1-2H3,(H,19,20,21). The Labute approximate surface area is 141 Å². The lowest BCUT2D eigenvalue weighted by Crippen LogP contribution is -2.28. The molecule has 1 N–H and O–H groups in total. The third-order valence-electron chi connectivity index (χ3n) is 4.21. The summed E-state index contributed by atoms with van der Waals surface area (Å²) < 4.78 is 5.14. The summed E-state index contributed by atoms with van der Waals surface area (Å²) in [6.07, 6.45) is 3.78. The minimum Gasteiger partial charge on any atom is -0.497 e. The van der Waals surface area contributed by atoms with Crippen molar-refractivity contribution in [2.75, 3.05) is 25.5 Å². The summed E-state index contributed by atoms with van der Waals surface area (Å²) in [6.45, 7) is 4.12. The van der Waals surface area contributed by atoms with E-state index >= 15 is 0 Å². The van der Waals surface area contributed by atoms with Gasteiger partial charge in [0.05, 0.1) is 18.4 Å². The average molecular weight is 326 g/mol. The molecule has 2 heterocycles. The number of amides is 1. The maximum atomic E-state index is 12.4. The van der Waals surface area contributed by atoms with Crippen LogP contribution < -0.4 is 10.1 Å². The van der Waals surface area contributed by atoms with Crippen LogP contribution in [0, 0.1) is 6.92 Å². The van der Waals surface area contributed by atoms with E-state index in [9.17, 15) is 4.79 Å². The van der Waals surface area contributed by atoms with E-state index in [0.29, 0.717) is 23.8 Å². The molecule has 1 saturated heterocycles. The van der Waals surface area contributed by atoms with E-state index in [4.69, 9.17) is 4.74 Å². The molecular weight excluding hydrogens is 304 g/mol. The smallest absolute Gasteiger partial charge is 0.257 e. The van der Waals surface area contributed by atoms with Gasteiger partial charge in [-0.1, -0.05) is 12.1 Å². The number of carbonyl (C=O) groups excluding carboxylic acids is 1. The molecule has 0 spiro atoms. The first kappa shape index (κ1) is 16.2. The van der Waals surface area contributed by atoms with Gasteiger partial charge >= 0.3 is 0 Å². The van der Waals surface area contributed by atoms with Gasteiger partial charge in [0.1, 0.15) is 5.75 Å². The van der Waals surface area contributed by atoms with Crippen LogP contribution in [-0.4, -0.2) is 41.0 Å². The minimum absolute atomic E-state index is 0.0340. The first-order chi connectivity index (χ1) is 11.7. The van der Waals surface area contributed by atoms with Gasteiger partial charge in [-0.05, 0) is 37.5 Å². The number of hydrogen-bond acceptors (Lipinski definition) is 5. The SMILES string of the molecule is COc1ccc(CNc2ncc(C(=O)N3CCCC3)c(C)n2)cc1. The Kier molecular flexibility index (Phi) is 4.93. The van der Waals surface area contributed by atoms with Gasteiger partial charge in [0.25, 0.3) is 5.91 Å². The van der Waals surface area contributed by atoms with Gasteiger partial charge in [-0.15, -0.1) is 0 Å². The van der Waals surface area contributed by atoms with Crippen molar-refractivity contribution in [1.29, 1.82) is 0 Å². The summed E-state index contributed by atoms with van der Waals surface area (Å²) in [4.78, 5) is 23.0. The Bertz CT molecular complexity index is 709. The Morgan fingerprint density at radius 1 is 1.25 bits per heavy atom. The van der Waals surface area contributed by atoms with E-state index in [1.165, 1.54) is 0 Å². The van der Waals surface area contributed by atoms with Gasteiger partial charge in [0, 0.05) is 25.8 Å². The first-order valence-electron chi connectivity index (χ1n) is 8.17. The van der Waals surface area contributed by atoms with Crippen molar-refractivity contribution >= 4 is 11.9 Å². The van der Waals surface area contributed by atoms with Crippen LogP contribution in [0.5, 0.6) is 5.75 Å². The highest BCUT2D eigenvalue weighted by atomic mass is 16.5. The fraction of sp³-hybridized carbons (Fsp3) is 0.389. The molecule has 1 aromatic heterocycles. The molecule has 0 unspecified atom stereocenters. The third kappa shape index (κ3) is 3.64. The molecule has 1 aliphatic heterocycles. The lowest BCUT2D eigenvalue weighted by Gasteiger charge is -2.16. The van der Waals surface area contributed by atoms with Crippen LogP contribution in [0.25, 0.3) is 0 Å². The molecule has 1 aliphatic rings. The van der Waals surface area contributed by atoms with E-state index < -0.39 is 0 Å². The predicted molar refractivity (Wildman–Crippen MR) is 92.2 cm³/mol. The third-order valence-corrected chi connectivity index (χ3v) is 4.21. The number of anilines is 1. The number of ether oxygens (including phenoxy) is 1. The highest BCUT2D eigenvalue weighted by Crippen LogP contribution is 2.16. The number of nitrogens with one attached hydrogen (secondary N) is 1. The number of hydrogen-bond donors (Lipinski definition) is 1. The number of aromatic nitrogens is 2. The normalized spacial score (nSPS) is 13.8. The lowest BCUT2D eigenvalue weighted by molar-refractivity contribution is 0.0791. The molecule has 0 aliphatic carbocycles. The van der Waals surface area contributed by atoms with Gasteiger partial charge in [0.2, 0.25) is 5.95 Å². The second-order valence-electron chi connectivity index (χ2n) is 5.89. The molecule has 0 radical (unpaired) electrons. The van der Waals surface area contributed by atoms with Crippen LogP contribution >= 0.6 is 0 Å². The highest BCUT2D eigenvalue weighted by Gasteiger charge is 2.21. The molecule has 3 rings (SSSR count). The zero-order chi connectivity index (χ0) is 16.9. The van der Waals surface area contributed by atoms with Crippen molar-refractivity contribution in [3.8, 4) is 5.75 Å². The molecule has 24 heavy (non-hydrogen) atoms. The van der Waals surface area contributed by atoms with Gasteiger partial charge in [-0.2, -0.15) is 0 Å². The van der Waals surface area contributed by atoms with Gasteiger partial charge < -0.3 is 15.0 Å². The quantitative estimate of drug-likeness (QED) is 0.915. The van der Waals surface area contributed by atoms with Crippen molar-refractivity contribution in [2.24, 2.45) is 0 Å². The van der Waals surface area contributed by atoms with E-state index in [0.717, 1.165) is 37.2 Å². The van der Waals surface area contributed by atoms with Gasteiger partial charge in [0.15, 0.2) is 0 Å². The maximum absolute atomic E-state index is 12.4. The summed E-state index contributed by atoms with van der Waals surface area (Å²) >= 11 is 0. The molecule has 126 valence electrons. The zero-order valence-corrected chi connectivity index (χ0v) is 14.1. The molecule has 0 saturated carbocycles. The first-order valence-corrected chi connectivity index (χ1v) is 8.17. The van der Waals surface area contributed by atoms with Crippen molar-refractivity contribution in [2.45, 2.75) is 26.3 Å². The van der Waals surface area contributed by atoms with E-state index in [2.05, 4.69) is 15.3 Å². The topological polar surface area (TPSA) is 67.3 Å². The van der Waals surface area contributed by atoms with E-state index in [1.807, 2.05) is 36.1 Å². The molecule has 1 aromatic carbocycles. The molecule has 6 nitrogen and oxygen atoms in total. The van der Waals surface area contributed by atoms with Gasteiger partial charge in [-0.3, -0.25) is 4.79 Å². The Morgan fingerprint density at radius 3 is 2.58 bits per heavy atom. The van der Waals surface area contributed by atoms with Crippen molar-refractivity contribution in [1.82, 2.24) is 14.9 Å². The minimum atomic E-state index is 0.0340. The maximum Gasteiger partial charge on any atom is 0.257 e. The number of nitrogens with zero attached hydrogens (tertiary/aromatic N) is 3. The fourth-order valence-electron chi connectivity index (χ4n) is 2.78. The average Bonchev–Trinajstić information content (AvgIpc) is 3.14. The Hall–Kier alpha value is -2.63. The molecule has 1 fully saturated rings. The van der Waals surface area contributed by atoms with Crippen molar-refractivity contribution < 1.29 is 9.53 Å². The number of aryl methyl sites for hydroxylation is 1.